The Morgan fingerprint density at radius 1 is 0.607 bits per heavy atom. The molecule has 0 aliphatic carbocycles. The van der Waals surface area contributed by atoms with Gasteiger partial charge in [0.05, 0.1) is 16.0 Å². The van der Waals surface area contributed by atoms with E-state index in [1.54, 1.807) is 11.3 Å². The lowest BCUT2D eigenvalue weighted by Gasteiger charge is -2.25. The third kappa shape index (κ3) is 10.0. The first-order valence-corrected chi connectivity index (χ1v) is 25.2. The molecule has 0 saturated heterocycles. The number of nitrogens with zero attached hydrogens (tertiary/aromatic N) is 2. The Bertz CT molecular complexity index is 2790. The molecule has 0 atom stereocenters. The molecular weight excluding hydrogens is 845 g/mol. The first-order valence-electron chi connectivity index (χ1n) is 21.1. The summed E-state index contributed by atoms with van der Waals surface area (Å²) in [5.74, 6) is -1.18. The molecule has 0 unspecified atom stereocenters. The maximum atomic E-state index is 11.7. The minimum absolute atomic E-state index is 0.244. The van der Waals surface area contributed by atoms with Crippen LogP contribution in [0.15, 0.2) is 115 Å². The molecule has 0 saturated carbocycles. The number of carbonyl (C=O) groups is 1. The molecule has 1 N–H and O–H groups in total. The summed E-state index contributed by atoms with van der Waals surface area (Å²) in [5, 5.41) is 9.55. The van der Waals surface area contributed by atoms with E-state index in [0.29, 0.717) is 0 Å². The van der Waals surface area contributed by atoms with Crippen molar-refractivity contribution < 1.29 is 9.90 Å². The Hall–Kier alpha value is -5.08. The Labute approximate surface area is 379 Å². The minimum Gasteiger partial charge on any atom is -0.486 e. The predicted octanol–water partition coefficient (Wildman–Crippen LogP) is 17.9. The van der Waals surface area contributed by atoms with Crippen molar-refractivity contribution in [2.24, 2.45) is 0 Å². The van der Waals surface area contributed by atoms with Crippen LogP contribution >= 0.6 is 56.7 Å². The van der Waals surface area contributed by atoms with Crippen molar-refractivity contribution in [3.05, 3.63) is 153 Å². The SMILES string of the molecule is [C-]#[N+]/C(=C\c1cc(CCCCCC)c(-c2cc3sc4cc(-c5sc(/C=C/c6ccc(N(c7ccccc7)c7ccccc7)cc6)cc5CCCCCC)sc4c3s2)s1)C(=O)O. The zero-order valence-corrected chi connectivity index (χ0v) is 38.6. The summed E-state index contributed by atoms with van der Waals surface area (Å²) in [6.07, 6.45) is 17.7. The molecule has 0 amide bonds. The highest BCUT2D eigenvalue weighted by molar-refractivity contribution is 7.41. The smallest absolute Gasteiger partial charge is 0.333 e. The van der Waals surface area contributed by atoms with E-state index in [4.69, 9.17) is 6.57 Å². The zero-order valence-electron chi connectivity index (χ0n) is 34.5. The molecule has 5 heterocycles. The summed E-state index contributed by atoms with van der Waals surface area (Å²) in [6, 6.07) is 39.2. The molecule has 0 radical (unpaired) electrons. The Morgan fingerprint density at radius 3 is 1.62 bits per heavy atom. The van der Waals surface area contributed by atoms with E-state index in [1.165, 1.54) is 111 Å². The predicted molar refractivity (Wildman–Crippen MR) is 270 cm³/mol. The van der Waals surface area contributed by atoms with Crippen LogP contribution in [0.2, 0.25) is 0 Å². The topological polar surface area (TPSA) is 44.9 Å². The van der Waals surface area contributed by atoms with Crippen molar-refractivity contribution in [1.82, 2.24) is 0 Å². The number of hydrogen-bond acceptors (Lipinski definition) is 7. The zero-order chi connectivity index (χ0) is 42.1. The van der Waals surface area contributed by atoms with Gasteiger partial charge in [-0.05, 0) is 115 Å². The van der Waals surface area contributed by atoms with Crippen molar-refractivity contribution in [3.8, 4) is 19.5 Å². The second kappa shape index (κ2) is 20.2. The van der Waals surface area contributed by atoms with E-state index in [-0.39, 0.29) is 5.70 Å². The number of para-hydroxylation sites is 2. The third-order valence-corrected chi connectivity index (χ3v) is 17.2. The van der Waals surface area contributed by atoms with Crippen molar-refractivity contribution in [3.63, 3.8) is 0 Å². The maximum Gasteiger partial charge on any atom is 0.333 e. The van der Waals surface area contributed by atoms with Crippen LogP contribution < -0.4 is 4.90 Å². The van der Waals surface area contributed by atoms with Crippen LogP contribution in [0.4, 0.5) is 17.1 Å². The molecule has 4 nitrogen and oxygen atoms in total. The van der Waals surface area contributed by atoms with Gasteiger partial charge in [-0.3, -0.25) is 4.79 Å². The average Bonchev–Trinajstić information content (AvgIpc) is 4.11. The summed E-state index contributed by atoms with van der Waals surface area (Å²) >= 11 is 9.17. The standard InChI is InChI=1S/C52H48N2O2S5/c1-4-6-8-12-18-36-30-41(29-26-35-24-27-40(28-25-35)54(38-20-14-10-15-21-38)39-22-16-11-17-23-39)57-48(36)44-33-46-50(60-44)51-47(59-46)34-45(61-51)49-37(19-13-9-7-5-2)31-42(58-49)32-43(53-3)52(55)56/h10-11,14-17,20-34H,4-9,12-13,18-19H2,1-2H3,(H,55,56)/b29-26+,43-32-. The van der Waals surface area contributed by atoms with E-state index in [1.807, 2.05) is 45.3 Å². The monoisotopic (exact) mass is 892 g/mol. The van der Waals surface area contributed by atoms with Crippen LogP contribution in [0.3, 0.4) is 0 Å². The van der Waals surface area contributed by atoms with Crippen LogP contribution in [0.25, 0.3) is 61.4 Å². The number of carboxylic acids is 1. The molecular formula is C52H48N2O2S5. The van der Waals surface area contributed by atoms with Crippen molar-refractivity contribution in [1.29, 1.82) is 0 Å². The number of benzene rings is 3. The molecule has 8 rings (SSSR count). The number of fused-ring (bicyclic) bond motifs is 3. The van der Waals surface area contributed by atoms with Gasteiger partial charge in [-0.25, -0.2) is 4.85 Å². The quantitative estimate of drug-likeness (QED) is 0.0500. The van der Waals surface area contributed by atoms with Gasteiger partial charge in [0.2, 0.25) is 0 Å². The highest BCUT2D eigenvalue weighted by Crippen LogP contribution is 2.51. The van der Waals surface area contributed by atoms with Crippen LogP contribution in [0.1, 0.15) is 91.7 Å². The van der Waals surface area contributed by atoms with Crippen molar-refractivity contribution in [2.45, 2.75) is 78.1 Å². The van der Waals surface area contributed by atoms with Gasteiger partial charge in [-0.1, -0.05) is 107 Å². The van der Waals surface area contributed by atoms with E-state index in [2.05, 4.69) is 145 Å². The Balaban J connectivity index is 1.08. The molecule has 0 aliphatic heterocycles. The van der Waals surface area contributed by atoms with Gasteiger partial charge in [-0.15, -0.1) is 56.7 Å². The highest BCUT2D eigenvalue weighted by Gasteiger charge is 2.21. The minimum atomic E-state index is -1.18. The number of thiophene rings is 5. The summed E-state index contributed by atoms with van der Waals surface area (Å²) in [6.45, 7) is 11.9. The molecule has 8 aromatic rings. The number of anilines is 3. The van der Waals surface area contributed by atoms with Gasteiger partial charge in [-0.2, -0.15) is 0 Å². The lowest BCUT2D eigenvalue weighted by Crippen LogP contribution is -2.09. The van der Waals surface area contributed by atoms with Crippen LogP contribution in [-0.4, -0.2) is 11.1 Å². The van der Waals surface area contributed by atoms with Crippen LogP contribution in [0, 0.1) is 6.57 Å². The summed E-state index contributed by atoms with van der Waals surface area (Å²) < 4.78 is 5.34. The average molecular weight is 893 g/mol. The molecule has 9 heteroatoms. The molecule has 308 valence electrons. The first kappa shape index (κ1) is 42.6. The van der Waals surface area contributed by atoms with E-state index >= 15 is 0 Å². The molecule has 0 aliphatic rings. The van der Waals surface area contributed by atoms with Crippen LogP contribution in [0.5, 0.6) is 0 Å². The fourth-order valence-corrected chi connectivity index (χ4v) is 14.2. The third-order valence-electron chi connectivity index (χ3n) is 10.8. The van der Waals surface area contributed by atoms with Gasteiger partial charge < -0.3 is 10.0 Å². The normalized spacial score (nSPS) is 11.9. The van der Waals surface area contributed by atoms with Crippen molar-refractivity contribution >= 4 is 117 Å². The largest absolute Gasteiger partial charge is 0.486 e. The van der Waals surface area contributed by atoms with Gasteiger partial charge in [0, 0.05) is 55.7 Å². The Morgan fingerprint density at radius 2 is 1.11 bits per heavy atom. The number of rotatable bonds is 19. The van der Waals surface area contributed by atoms with E-state index in [9.17, 15) is 9.90 Å². The molecule has 0 fully saturated rings. The fourth-order valence-electron chi connectivity index (χ4n) is 7.68. The molecule has 3 aromatic carbocycles. The summed E-state index contributed by atoms with van der Waals surface area (Å²) in [7, 11) is 0. The van der Waals surface area contributed by atoms with Gasteiger partial charge in [0.15, 0.2) is 0 Å². The van der Waals surface area contributed by atoms with E-state index in [0.717, 1.165) is 41.2 Å². The summed E-state index contributed by atoms with van der Waals surface area (Å²) in [5.41, 5.74) is 7.01. The second-order valence-corrected chi connectivity index (χ2v) is 20.6. The number of carboxylic acid groups (broad SMARTS) is 1. The van der Waals surface area contributed by atoms with Gasteiger partial charge >= 0.3 is 5.97 Å². The maximum absolute atomic E-state index is 11.7. The van der Waals surface area contributed by atoms with Crippen LogP contribution in [-0.2, 0) is 17.6 Å². The van der Waals surface area contributed by atoms with Gasteiger partial charge in [0.1, 0.15) is 0 Å². The molecule has 5 aromatic heterocycles. The number of hydrogen-bond donors (Lipinski definition) is 1. The summed E-state index contributed by atoms with van der Waals surface area (Å²) in [4.78, 5) is 24.5. The lowest BCUT2D eigenvalue weighted by atomic mass is 10.1. The second-order valence-electron chi connectivity index (χ2n) is 15.2. The first-order chi connectivity index (χ1) is 29.9. The van der Waals surface area contributed by atoms with Gasteiger partial charge in [0.25, 0.3) is 5.70 Å². The molecule has 0 spiro atoms. The lowest BCUT2D eigenvalue weighted by molar-refractivity contribution is -0.132. The number of aliphatic carboxylic acids is 1. The van der Waals surface area contributed by atoms with Crippen molar-refractivity contribution in [2.75, 3.05) is 4.90 Å². The number of aryl methyl sites for hydroxylation is 2. The van der Waals surface area contributed by atoms with E-state index < -0.39 is 5.97 Å². The fraction of sp³-hybridized carbons (Fsp3) is 0.231. The molecule has 61 heavy (non-hydrogen) atoms. The molecule has 0 bridgehead atoms. The number of unbranched alkanes of at least 4 members (excludes halogenated alkanes) is 6. The highest BCUT2D eigenvalue weighted by atomic mass is 32.1. The Kier molecular flexibility index (Phi) is 14.1.